The number of esters is 5. The Hall–Kier alpha value is -3.12. The van der Waals surface area contributed by atoms with Crippen LogP contribution in [-0.2, 0) is 76.1 Å². The van der Waals surface area contributed by atoms with E-state index in [1.165, 1.54) is 0 Å². The van der Waals surface area contributed by atoms with Gasteiger partial charge in [-0.1, -0.05) is 66.3 Å². The van der Waals surface area contributed by atoms with Crippen molar-refractivity contribution in [2.75, 3.05) is 39.3 Å². The van der Waals surface area contributed by atoms with Gasteiger partial charge >= 0.3 is 29.8 Å². The van der Waals surface area contributed by atoms with Crippen LogP contribution < -0.4 is 0 Å². The van der Waals surface area contributed by atoms with Crippen LogP contribution in [0.1, 0.15) is 68.2 Å². The van der Waals surface area contributed by atoms with Gasteiger partial charge in [-0.05, 0) is 49.1 Å². The van der Waals surface area contributed by atoms with Crippen molar-refractivity contribution in [1.82, 2.24) is 0 Å². The topological polar surface area (TPSA) is 195 Å². The van der Waals surface area contributed by atoms with Crippen molar-refractivity contribution in [3.63, 3.8) is 0 Å². The Morgan fingerprint density at radius 3 is 1.56 bits per heavy atom. The second-order valence-corrected chi connectivity index (χ2v) is 20.5. The zero-order chi connectivity index (χ0) is 45.6. The van der Waals surface area contributed by atoms with E-state index in [2.05, 4.69) is 54.7 Å². The first kappa shape index (κ1) is 48.3. The molecule has 0 N–H and O–H groups in total. The highest BCUT2D eigenvalue weighted by atomic mass is 35.5. The van der Waals surface area contributed by atoms with Crippen LogP contribution in [0.25, 0.3) is 0 Å². The molecular formula is C44H60Cl2O16. The van der Waals surface area contributed by atoms with Gasteiger partial charge in [0.1, 0.15) is 55.6 Å². The van der Waals surface area contributed by atoms with Gasteiger partial charge in [-0.2, -0.15) is 0 Å². The lowest BCUT2D eigenvalue weighted by Gasteiger charge is -2.31. The van der Waals surface area contributed by atoms with Crippen LogP contribution in [0.15, 0.2) is 24.3 Å². The van der Waals surface area contributed by atoms with E-state index in [-0.39, 0.29) is 71.3 Å². The summed E-state index contributed by atoms with van der Waals surface area (Å²) in [4.78, 5) is 73.0. The molecule has 346 valence electrons. The molecule has 4 aliphatic heterocycles. The molecule has 16 unspecified atom stereocenters. The zero-order valence-electron chi connectivity index (χ0n) is 36.6. The van der Waals surface area contributed by atoms with E-state index < -0.39 is 95.4 Å². The molecule has 16 atom stereocenters. The Kier molecular flexibility index (Phi) is 14.9. The number of hydrogen-bond donors (Lipinski definition) is 0. The third-order valence-electron chi connectivity index (χ3n) is 12.6. The first-order valence-corrected chi connectivity index (χ1v) is 22.0. The van der Waals surface area contributed by atoms with Gasteiger partial charge in [0, 0.05) is 34.8 Å². The average Bonchev–Trinajstić information content (AvgIpc) is 4.04. The van der Waals surface area contributed by atoms with Gasteiger partial charge in [0.2, 0.25) is 5.24 Å². The highest BCUT2D eigenvalue weighted by molar-refractivity contribution is 6.64. The predicted octanol–water partition coefficient (Wildman–Crippen LogP) is 4.69. The Morgan fingerprint density at radius 1 is 0.661 bits per heavy atom. The van der Waals surface area contributed by atoms with Crippen molar-refractivity contribution >= 4 is 58.3 Å². The van der Waals surface area contributed by atoms with Gasteiger partial charge in [0.05, 0.1) is 50.1 Å². The summed E-state index contributed by atoms with van der Waals surface area (Å²) >= 11 is 10.9. The van der Waals surface area contributed by atoms with Crippen LogP contribution >= 0.6 is 23.2 Å². The molecule has 4 saturated heterocycles. The molecule has 4 heterocycles. The smallest absolute Gasteiger partial charge is 0.333 e. The molecule has 0 amide bonds. The molecular weight excluding hydrogens is 855 g/mol. The largest absolute Gasteiger partial charge is 0.458 e. The molecule has 4 aliphatic carbocycles. The zero-order valence-corrected chi connectivity index (χ0v) is 38.1. The standard InChI is InChI=1S/C25H34O10.C13H13ClO5.C6H13ClO/c1-11(2)22(26)34-18-12-6-13-17(24(28)35-19(13)18)16(12)23(27)33-15-8-31-20-14(7-30-21(15)20)32-10-29-9-25(3,4)5;1-4(2)12(16)18-9-5-3-6-8(7(5)11(14)15)13(17)19-10(6)9;1-6(2,3)4-8-5-7/h12-21H,1,6-10H2,2-5H3;5-10H,1,3H2,2H3;4-5H2,1-3H3. The first-order valence-electron chi connectivity index (χ1n) is 21.1. The number of ether oxygens (including phenoxy) is 10. The molecule has 0 aromatic heterocycles. The maximum absolute atomic E-state index is 13.3. The molecule has 8 aliphatic rings. The minimum atomic E-state index is -0.729. The summed E-state index contributed by atoms with van der Waals surface area (Å²) in [6.07, 6.45) is -2.74. The van der Waals surface area contributed by atoms with Crippen molar-refractivity contribution in [3.05, 3.63) is 24.3 Å². The highest BCUT2D eigenvalue weighted by Crippen LogP contribution is 2.60. The number of carbonyl (C=O) groups is 6. The predicted molar refractivity (Wildman–Crippen MR) is 218 cm³/mol. The van der Waals surface area contributed by atoms with Gasteiger partial charge < -0.3 is 47.4 Å². The maximum Gasteiger partial charge on any atom is 0.333 e. The summed E-state index contributed by atoms with van der Waals surface area (Å²) in [6.45, 7) is 24.7. The molecule has 0 radical (unpaired) electrons. The SMILES string of the molecule is C=C(C)C(=O)OC1C2CC3C1OC(=O)C3C2C(=O)Cl.C=C(C)C(=O)OC1C2CC3C1OC(=O)C3C2C(=O)OC1COC2C(OCOCC(C)(C)C)COC12.CC(C)(C)COCCl. The van der Waals surface area contributed by atoms with Crippen LogP contribution in [0.3, 0.4) is 0 Å². The molecule has 0 aromatic rings. The number of hydrogen-bond acceptors (Lipinski definition) is 16. The fourth-order valence-electron chi connectivity index (χ4n) is 10.1. The molecule has 8 rings (SSSR count). The van der Waals surface area contributed by atoms with E-state index in [0.717, 1.165) is 6.61 Å². The van der Waals surface area contributed by atoms with E-state index >= 15 is 0 Å². The van der Waals surface area contributed by atoms with Crippen LogP contribution in [0.5, 0.6) is 0 Å². The van der Waals surface area contributed by atoms with Crippen molar-refractivity contribution in [2.24, 2.45) is 58.2 Å². The van der Waals surface area contributed by atoms with Crippen LogP contribution in [0, 0.1) is 58.2 Å². The molecule has 0 spiro atoms. The second-order valence-electron chi connectivity index (χ2n) is 20.0. The molecule has 4 bridgehead atoms. The first-order chi connectivity index (χ1) is 29.0. The van der Waals surface area contributed by atoms with E-state index in [0.29, 0.717) is 32.1 Å². The Balaban J connectivity index is 0.000000197. The molecule has 16 nitrogen and oxygen atoms in total. The normalized spacial score (nSPS) is 37.6. The lowest BCUT2D eigenvalue weighted by molar-refractivity contribution is -0.169. The van der Waals surface area contributed by atoms with Gasteiger partial charge in [-0.3, -0.25) is 19.2 Å². The van der Waals surface area contributed by atoms with Crippen LogP contribution in [0.4, 0.5) is 0 Å². The van der Waals surface area contributed by atoms with Gasteiger partial charge in [0.25, 0.3) is 0 Å². The Labute approximate surface area is 372 Å². The quantitative estimate of drug-likeness (QED) is 0.0469. The van der Waals surface area contributed by atoms with Crippen molar-refractivity contribution in [2.45, 2.75) is 117 Å². The summed E-state index contributed by atoms with van der Waals surface area (Å²) < 4.78 is 55.6. The molecule has 62 heavy (non-hydrogen) atoms. The third-order valence-corrected chi connectivity index (χ3v) is 13.0. The number of fused-ring (bicyclic) bond motifs is 3. The summed E-state index contributed by atoms with van der Waals surface area (Å²) in [6, 6.07) is 0.303. The summed E-state index contributed by atoms with van der Waals surface area (Å²) in [7, 11) is 0. The van der Waals surface area contributed by atoms with Crippen LogP contribution in [0.2, 0.25) is 0 Å². The monoisotopic (exact) mass is 914 g/mol. The third kappa shape index (κ3) is 10.2. The maximum atomic E-state index is 13.3. The number of alkyl halides is 1. The lowest BCUT2D eigenvalue weighted by atomic mass is 9.78. The van der Waals surface area contributed by atoms with Crippen LogP contribution in [-0.4, -0.2) is 123 Å². The molecule has 8 fully saturated rings. The van der Waals surface area contributed by atoms with E-state index in [1.807, 2.05) is 0 Å². The number of halogens is 2. The summed E-state index contributed by atoms with van der Waals surface area (Å²) in [5, 5.41) is -0.550. The number of carbonyl (C=O) groups excluding carboxylic acids is 6. The van der Waals surface area contributed by atoms with E-state index in [4.69, 9.17) is 70.6 Å². The molecule has 0 aromatic carbocycles. The summed E-state index contributed by atoms with van der Waals surface area (Å²) in [5.41, 5.74) is 0.807. The lowest BCUT2D eigenvalue weighted by Crippen LogP contribution is -2.45. The fourth-order valence-corrected chi connectivity index (χ4v) is 10.5. The van der Waals surface area contributed by atoms with Gasteiger partial charge in [0.15, 0.2) is 6.10 Å². The Morgan fingerprint density at radius 2 is 1.11 bits per heavy atom. The van der Waals surface area contributed by atoms with Crippen molar-refractivity contribution in [1.29, 1.82) is 0 Å². The average molecular weight is 916 g/mol. The van der Waals surface area contributed by atoms with Gasteiger partial charge in [-0.25, -0.2) is 9.59 Å². The van der Waals surface area contributed by atoms with E-state index in [9.17, 15) is 28.8 Å². The summed E-state index contributed by atoms with van der Waals surface area (Å²) in [5.74, 6) is -5.56. The minimum absolute atomic E-state index is 0.0362. The highest BCUT2D eigenvalue weighted by Gasteiger charge is 2.71. The van der Waals surface area contributed by atoms with Crippen molar-refractivity contribution < 1.29 is 76.1 Å². The number of rotatable bonds is 13. The fraction of sp³-hybridized carbons (Fsp3) is 0.773. The van der Waals surface area contributed by atoms with Gasteiger partial charge in [-0.15, -0.1) is 0 Å². The Bertz CT molecular complexity index is 1770. The molecule has 18 heteroatoms. The minimum Gasteiger partial charge on any atom is -0.458 e. The van der Waals surface area contributed by atoms with E-state index in [1.54, 1.807) is 13.8 Å². The molecule has 4 saturated carbocycles. The van der Waals surface area contributed by atoms with Crippen molar-refractivity contribution in [3.8, 4) is 0 Å². The second kappa shape index (κ2) is 19.2.